The zero-order valence-electron chi connectivity index (χ0n) is 44.2. The Morgan fingerprint density at radius 3 is 1.17 bits per heavy atom. The highest BCUT2D eigenvalue weighted by Gasteiger charge is 2.21. The van der Waals surface area contributed by atoms with Gasteiger partial charge < -0.3 is 9.13 Å². The summed E-state index contributed by atoms with van der Waals surface area (Å²) in [6.07, 6.45) is 8.83. The van der Waals surface area contributed by atoms with Gasteiger partial charge in [0, 0.05) is 54.8 Å². The third-order valence-electron chi connectivity index (χ3n) is 16.4. The molecule has 0 amide bonds. The summed E-state index contributed by atoms with van der Waals surface area (Å²) in [6.45, 7) is 0. The molecule has 0 unspecified atom stereocenters. The fourth-order valence-electron chi connectivity index (χ4n) is 12.5. The molecule has 6 heteroatoms. The van der Waals surface area contributed by atoms with Crippen molar-refractivity contribution in [2.45, 2.75) is 12.8 Å². The maximum absolute atomic E-state index is 5.27. The van der Waals surface area contributed by atoms with Crippen LogP contribution >= 0.6 is 0 Å². The number of allylic oxidation sites excluding steroid dienone is 4. The number of aromatic nitrogens is 6. The summed E-state index contributed by atoms with van der Waals surface area (Å²) in [4.78, 5) is 15.6. The van der Waals surface area contributed by atoms with Gasteiger partial charge in [-0.05, 0) is 130 Å². The number of para-hydroxylation sites is 2. The molecule has 0 atom stereocenters. The molecule has 0 aliphatic heterocycles. The molecule has 380 valence electrons. The largest absolute Gasteiger partial charge is 0.309 e. The average molecular weight is 1040 g/mol. The molecular weight excluding hydrogens is 985 g/mol. The summed E-state index contributed by atoms with van der Waals surface area (Å²) in [5, 5.41) is 7.19. The van der Waals surface area contributed by atoms with Gasteiger partial charge in [0.2, 0.25) is 5.95 Å². The third-order valence-corrected chi connectivity index (χ3v) is 16.4. The van der Waals surface area contributed by atoms with Crippen LogP contribution in [0.1, 0.15) is 18.4 Å². The van der Waals surface area contributed by atoms with E-state index in [9.17, 15) is 0 Å². The van der Waals surface area contributed by atoms with Gasteiger partial charge in [0.25, 0.3) is 0 Å². The number of benzene rings is 11. The standard InChI is InChI=1S/C75H50N6/c1-5-17-49(18-6-1)57-33-41-63-61-25-13-15-27-67(61)79(71(63)47-57)59-37-29-51(30-38-59)55-35-43-69-65(45-55)66-46-56(36-44-70(66)81(69)75-77-73(53-21-9-3-10-22-53)76-74(78-75)54-23-11-4-12-24-54)52-31-39-60(40-32-52)80-68-28-16-14-26-62(68)64-42-34-58(48-72(64)80)50-19-7-2-8-20-50/h1-7,9-19,21-48H,8,20H2. The highest BCUT2D eigenvalue weighted by molar-refractivity contribution is 6.13. The Morgan fingerprint density at radius 2 is 0.667 bits per heavy atom. The topological polar surface area (TPSA) is 53.5 Å². The van der Waals surface area contributed by atoms with Crippen LogP contribution in [0, 0.1) is 0 Å². The van der Waals surface area contributed by atoms with Crippen molar-refractivity contribution in [1.29, 1.82) is 0 Å². The zero-order valence-corrected chi connectivity index (χ0v) is 44.2. The highest BCUT2D eigenvalue weighted by Crippen LogP contribution is 2.41. The molecule has 4 heterocycles. The van der Waals surface area contributed by atoms with Crippen LogP contribution in [0.5, 0.6) is 0 Å². The van der Waals surface area contributed by atoms with E-state index in [0.717, 1.165) is 79.4 Å². The van der Waals surface area contributed by atoms with Crippen molar-refractivity contribution < 1.29 is 0 Å². The van der Waals surface area contributed by atoms with Gasteiger partial charge in [-0.15, -0.1) is 0 Å². The number of hydrogen-bond donors (Lipinski definition) is 0. The molecule has 0 fully saturated rings. The van der Waals surface area contributed by atoms with Crippen LogP contribution in [0.3, 0.4) is 0 Å². The number of fused-ring (bicyclic) bond motifs is 9. The van der Waals surface area contributed by atoms with Crippen LogP contribution in [0.2, 0.25) is 0 Å². The molecule has 1 aliphatic rings. The molecule has 81 heavy (non-hydrogen) atoms. The van der Waals surface area contributed by atoms with Crippen molar-refractivity contribution >= 4 is 71.0 Å². The second-order valence-corrected chi connectivity index (χ2v) is 21.1. The molecule has 0 N–H and O–H groups in total. The van der Waals surface area contributed by atoms with Gasteiger partial charge in [-0.1, -0.05) is 206 Å². The predicted octanol–water partition coefficient (Wildman–Crippen LogP) is 19.2. The normalized spacial score (nSPS) is 12.6. The second kappa shape index (κ2) is 19.0. The Bertz CT molecular complexity index is 4950. The Labute approximate surface area is 468 Å². The van der Waals surface area contributed by atoms with Crippen LogP contribution < -0.4 is 0 Å². The highest BCUT2D eigenvalue weighted by atomic mass is 15.2. The van der Waals surface area contributed by atoms with E-state index in [4.69, 9.17) is 15.0 Å². The molecule has 0 saturated heterocycles. The van der Waals surface area contributed by atoms with Gasteiger partial charge in [-0.25, -0.2) is 4.98 Å². The Balaban J connectivity index is 0.841. The number of hydrogen-bond acceptors (Lipinski definition) is 3. The van der Waals surface area contributed by atoms with E-state index in [-0.39, 0.29) is 0 Å². The fraction of sp³-hybridized carbons (Fsp3) is 0.0267. The minimum atomic E-state index is 0.559. The quantitative estimate of drug-likeness (QED) is 0.145. The maximum Gasteiger partial charge on any atom is 0.238 e. The molecule has 0 bridgehead atoms. The lowest BCUT2D eigenvalue weighted by Gasteiger charge is -2.12. The van der Waals surface area contributed by atoms with Gasteiger partial charge in [0.05, 0.1) is 33.1 Å². The van der Waals surface area contributed by atoms with Gasteiger partial charge in [0.15, 0.2) is 11.6 Å². The lowest BCUT2D eigenvalue weighted by Crippen LogP contribution is -2.06. The first kappa shape index (κ1) is 46.4. The van der Waals surface area contributed by atoms with E-state index in [2.05, 4.69) is 256 Å². The van der Waals surface area contributed by atoms with Crippen molar-refractivity contribution in [1.82, 2.24) is 28.7 Å². The number of nitrogens with zero attached hydrogens (tertiary/aromatic N) is 6. The van der Waals surface area contributed by atoms with Crippen LogP contribution in [-0.4, -0.2) is 28.7 Å². The molecule has 1 aliphatic carbocycles. The summed E-state index contributed by atoms with van der Waals surface area (Å²) in [5.74, 6) is 1.79. The average Bonchev–Trinajstić information content (AvgIpc) is 4.31. The van der Waals surface area contributed by atoms with Crippen LogP contribution in [0.25, 0.3) is 144 Å². The maximum atomic E-state index is 5.27. The van der Waals surface area contributed by atoms with Crippen molar-refractivity contribution in [3.8, 4) is 73.5 Å². The summed E-state index contributed by atoms with van der Waals surface area (Å²) in [6, 6.07) is 94.1. The Kier molecular flexibility index (Phi) is 10.9. The molecule has 16 rings (SSSR count). The summed E-state index contributed by atoms with van der Waals surface area (Å²) < 4.78 is 7.04. The lowest BCUT2D eigenvalue weighted by atomic mass is 9.96. The lowest BCUT2D eigenvalue weighted by molar-refractivity contribution is 0.953. The summed E-state index contributed by atoms with van der Waals surface area (Å²) in [5.41, 5.74) is 20.4. The Hall–Kier alpha value is -10.7. The van der Waals surface area contributed by atoms with Crippen molar-refractivity contribution in [2.24, 2.45) is 0 Å². The van der Waals surface area contributed by atoms with Crippen LogP contribution in [0.4, 0.5) is 0 Å². The zero-order chi connectivity index (χ0) is 53.4. The van der Waals surface area contributed by atoms with E-state index in [1.165, 1.54) is 65.9 Å². The molecule has 0 spiro atoms. The van der Waals surface area contributed by atoms with E-state index in [0.29, 0.717) is 17.6 Å². The SMILES string of the molecule is C1=CCCC(c2ccc3c4ccccc4n(-c4ccc(-c5ccc6c(c5)c5cc(-c7ccc(-n8c9ccccc9c9ccc(-c%10ccccc%10)cc98)cc7)ccc5n6-c5nc(-c6ccccc6)nc(-c6ccccc6)n5)cc4)c3c2)=C1. The molecule has 11 aromatic carbocycles. The van der Waals surface area contributed by atoms with E-state index in [1.54, 1.807) is 0 Å². The monoisotopic (exact) mass is 1030 g/mol. The van der Waals surface area contributed by atoms with Crippen molar-refractivity contribution in [2.75, 3.05) is 0 Å². The minimum Gasteiger partial charge on any atom is -0.309 e. The molecule has 6 nitrogen and oxygen atoms in total. The summed E-state index contributed by atoms with van der Waals surface area (Å²) >= 11 is 0. The third kappa shape index (κ3) is 7.90. The van der Waals surface area contributed by atoms with Crippen molar-refractivity contribution in [3.05, 3.63) is 285 Å². The van der Waals surface area contributed by atoms with E-state index in [1.807, 2.05) is 36.4 Å². The van der Waals surface area contributed by atoms with Gasteiger partial charge in [-0.3, -0.25) is 4.57 Å². The molecule has 4 aromatic heterocycles. The van der Waals surface area contributed by atoms with Gasteiger partial charge in [0.1, 0.15) is 0 Å². The molecular formula is C75H50N6. The first-order valence-corrected chi connectivity index (χ1v) is 27.8. The van der Waals surface area contributed by atoms with Crippen LogP contribution in [0.15, 0.2) is 279 Å². The first-order valence-electron chi connectivity index (χ1n) is 27.8. The second-order valence-electron chi connectivity index (χ2n) is 21.1. The minimum absolute atomic E-state index is 0.559. The van der Waals surface area contributed by atoms with Gasteiger partial charge >= 0.3 is 0 Å². The molecule has 15 aromatic rings. The predicted molar refractivity (Wildman–Crippen MR) is 336 cm³/mol. The smallest absolute Gasteiger partial charge is 0.238 e. The summed E-state index contributed by atoms with van der Waals surface area (Å²) in [7, 11) is 0. The molecule has 0 saturated carbocycles. The van der Waals surface area contributed by atoms with Crippen LogP contribution in [-0.2, 0) is 0 Å². The number of rotatable bonds is 9. The molecule has 0 radical (unpaired) electrons. The van der Waals surface area contributed by atoms with Gasteiger partial charge in [-0.2, -0.15) is 9.97 Å². The van der Waals surface area contributed by atoms with E-state index >= 15 is 0 Å². The Morgan fingerprint density at radius 1 is 0.272 bits per heavy atom. The van der Waals surface area contributed by atoms with Crippen molar-refractivity contribution in [3.63, 3.8) is 0 Å². The van der Waals surface area contributed by atoms with E-state index < -0.39 is 0 Å². The fourth-order valence-corrected chi connectivity index (χ4v) is 12.5. The first-order chi connectivity index (χ1) is 40.1.